The maximum atomic E-state index is 12.6. The van der Waals surface area contributed by atoms with E-state index in [0.717, 1.165) is 42.4 Å². The van der Waals surface area contributed by atoms with Crippen LogP contribution in [0.15, 0.2) is 36.5 Å². The molecule has 2 amide bonds. The molecule has 0 unspecified atom stereocenters. The summed E-state index contributed by atoms with van der Waals surface area (Å²) in [6.45, 7) is 6.03. The number of aromatic nitrogens is 1. The standard InChI is InChI=1S/C22H29N3O2/c1-16(2)22(27)25-11-8-17(9-12-25)14-21(26)24(3)15-18-6-7-20-19(13-18)5-4-10-23-20/h4-7,10,13,16-17H,8-9,11-12,14-15H2,1-3H3. The van der Waals surface area contributed by atoms with E-state index in [2.05, 4.69) is 11.1 Å². The summed E-state index contributed by atoms with van der Waals surface area (Å²) >= 11 is 0. The van der Waals surface area contributed by atoms with Crippen LogP contribution in [-0.4, -0.2) is 46.7 Å². The zero-order chi connectivity index (χ0) is 19.4. The Morgan fingerprint density at radius 2 is 1.96 bits per heavy atom. The van der Waals surface area contributed by atoms with E-state index in [-0.39, 0.29) is 17.7 Å². The van der Waals surface area contributed by atoms with Gasteiger partial charge in [0.1, 0.15) is 0 Å². The highest BCUT2D eigenvalue weighted by Gasteiger charge is 2.26. The average Bonchev–Trinajstić information content (AvgIpc) is 2.67. The number of carbonyl (C=O) groups is 2. The molecule has 0 radical (unpaired) electrons. The quantitative estimate of drug-likeness (QED) is 0.813. The average molecular weight is 367 g/mol. The number of benzene rings is 1. The number of amides is 2. The van der Waals surface area contributed by atoms with Gasteiger partial charge in [-0.2, -0.15) is 0 Å². The van der Waals surface area contributed by atoms with Crippen molar-refractivity contribution in [1.82, 2.24) is 14.8 Å². The monoisotopic (exact) mass is 367 g/mol. The number of hydrogen-bond donors (Lipinski definition) is 0. The summed E-state index contributed by atoms with van der Waals surface area (Å²) < 4.78 is 0. The predicted molar refractivity (Wildman–Crippen MR) is 107 cm³/mol. The SMILES string of the molecule is CC(C)C(=O)N1CCC(CC(=O)N(C)Cc2ccc3ncccc3c2)CC1. The molecule has 0 N–H and O–H groups in total. The molecule has 1 aromatic heterocycles. The summed E-state index contributed by atoms with van der Waals surface area (Å²) in [5.41, 5.74) is 2.08. The van der Waals surface area contributed by atoms with Gasteiger partial charge < -0.3 is 9.80 Å². The van der Waals surface area contributed by atoms with Crippen LogP contribution in [0.5, 0.6) is 0 Å². The molecule has 1 fully saturated rings. The van der Waals surface area contributed by atoms with Crippen molar-refractivity contribution in [2.45, 2.75) is 39.7 Å². The minimum absolute atomic E-state index is 0.0477. The molecule has 1 aliphatic rings. The Bertz CT molecular complexity index is 810. The fourth-order valence-electron chi connectivity index (χ4n) is 3.71. The van der Waals surface area contributed by atoms with Gasteiger partial charge >= 0.3 is 0 Å². The van der Waals surface area contributed by atoms with Crippen LogP contribution in [0.25, 0.3) is 10.9 Å². The molecule has 0 bridgehead atoms. The molecule has 1 aromatic carbocycles. The molecule has 2 heterocycles. The first kappa shape index (κ1) is 19.3. The van der Waals surface area contributed by atoms with E-state index in [1.54, 1.807) is 6.20 Å². The van der Waals surface area contributed by atoms with Crippen LogP contribution in [0.3, 0.4) is 0 Å². The molecule has 3 rings (SSSR count). The topological polar surface area (TPSA) is 53.5 Å². The van der Waals surface area contributed by atoms with E-state index in [1.165, 1.54) is 0 Å². The van der Waals surface area contributed by atoms with Crippen LogP contribution in [0.4, 0.5) is 0 Å². The van der Waals surface area contributed by atoms with E-state index in [4.69, 9.17) is 0 Å². The first-order chi connectivity index (χ1) is 12.9. The van der Waals surface area contributed by atoms with Gasteiger partial charge in [0.05, 0.1) is 5.52 Å². The molecule has 2 aromatic rings. The number of hydrogen-bond acceptors (Lipinski definition) is 3. The van der Waals surface area contributed by atoms with Gasteiger partial charge in [0.25, 0.3) is 0 Å². The fourth-order valence-corrected chi connectivity index (χ4v) is 3.71. The number of piperidine rings is 1. The summed E-state index contributed by atoms with van der Waals surface area (Å²) in [5, 5.41) is 1.10. The molecule has 5 heteroatoms. The highest BCUT2D eigenvalue weighted by atomic mass is 16.2. The van der Waals surface area contributed by atoms with Gasteiger partial charge in [-0.1, -0.05) is 26.0 Å². The van der Waals surface area contributed by atoms with Gasteiger partial charge in [-0.3, -0.25) is 14.6 Å². The maximum absolute atomic E-state index is 12.6. The number of carbonyl (C=O) groups excluding carboxylic acids is 2. The van der Waals surface area contributed by atoms with Crippen molar-refractivity contribution < 1.29 is 9.59 Å². The van der Waals surface area contributed by atoms with Crippen molar-refractivity contribution >= 4 is 22.7 Å². The Hall–Kier alpha value is -2.43. The third kappa shape index (κ3) is 4.85. The summed E-state index contributed by atoms with van der Waals surface area (Å²) in [4.78, 5) is 32.8. The molecule has 0 atom stereocenters. The number of pyridine rings is 1. The zero-order valence-electron chi connectivity index (χ0n) is 16.5. The smallest absolute Gasteiger partial charge is 0.225 e. The fraction of sp³-hybridized carbons (Fsp3) is 0.500. The van der Waals surface area contributed by atoms with Gasteiger partial charge in [-0.05, 0) is 42.5 Å². The third-order valence-corrected chi connectivity index (χ3v) is 5.40. The Kier molecular flexibility index (Phi) is 6.09. The molecule has 0 aliphatic carbocycles. The minimum atomic E-state index is 0.0477. The molecule has 144 valence electrons. The Morgan fingerprint density at radius 1 is 1.22 bits per heavy atom. The molecule has 0 spiro atoms. The second kappa shape index (κ2) is 8.51. The van der Waals surface area contributed by atoms with Gasteiger partial charge in [0.2, 0.25) is 11.8 Å². The Labute approximate surface area is 161 Å². The second-order valence-electron chi connectivity index (χ2n) is 7.91. The van der Waals surface area contributed by atoms with Crippen LogP contribution in [0, 0.1) is 11.8 Å². The van der Waals surface area contributed by atoms with Gasteiger partial charge in [0, 0.05) is 50.6 Å². The molecule has 0 saturated carbocycles. The molecule has 27 heavy (non-hydrogen) atoms. The number of rotatable bonds is 5. The number of nitrogens with zero attached hydrogens (tertiary/aromatic N) is 3. The molecular formula is C22H29N3O2. The lowest BCUT2D eigenvalue weighted by atomic mass is 9.92. The van der Waals surface area contributed by atoms with Crippen molar-refractivity contribution in [1.29, 1.82) is 0 Å². The van der Waals surface area contributed by atoms with Crippen molar-refractivity contribution in [2.75, 3.05) is 20.1 Å². The Balaban J connectivity index is 1.51. The summed E-state index contributed by atoms with van der Waals surface area (Å²) in [5.74, 6) is 0.820. The van der Waals surface area contributed by atoms with Crippen LogP contribution in [-0.2, 0) is 16.1 Å². The number of fused-ring (bicyclic) bond motifs is 1. The molecule has 1 aliphatic heterocycles. The van der Waals surface area contributed by atoms with E-state index < -0.39 is 0 Å². The second-order valence-corrected chi connectivity index (χ2v) is 7.91. The van der Waals surface area contributed by atoms with Gasteiger partial charge in [0.15, 0.2) is 0 Å². The van der Waals surface area contributed by atoms with Crippen molar-refractivity contribution in [3.8, 4) is 0 Å². The third-order valence-electron chi connectivity index (χ3n) is 5.40. The normalized spacial score (nSPS) is 15.3. The van der Waals surface area contributed by atoms with Gasteiger partial charge in [-0.15, -0.1) is 0 Å². The lowest BCUT2D eigenvalue weighted by Gasteiger charge is -2.33. The van der Waals surface area contributed by atoms with Crippen LogP contribution < -0.4 is 0 Å². The van der Waals surface area contributed by atoms with Crippen molar-refractivity contribution in [2.24, 2.45) is 11.8 Å². The van der Waals surface area contributed by atoms with Crippen molar-refractivity contribution in [3.05, 3.63) is 42.1 Å². The first-order valence-electron chi connectivity index (χ1n) is 9.80. The largest absolute Gasteiger partial charge is 0.342 e. The lowest BCUT2D eigenvalue weighted by Crippen LogP contribution is -2.41. The molecular weight excluding hydrogens is 338 g/mol. The van der Waals surface area contributed by atoms with Crippen molar-refractivity contribution in [3.63, 3.8) is 0 Å². The van der Waals surface area contributed by atoms with Crippen LogP contribution in [0.1, 0.15) is 38.7 Å². The predicted octanol–water partition coefficient (Wildman–Crippen LogP) is 3.48. The summed E-state index contributed by atoms with van der Waals surface area (Å²) in [6.07, 6.45) is 4.19. The highest BCUT2D eigenvalue weighted by molar-refractivity contribution is 5.80. The molecule has 1 saturated heterocycles. The van der Waals surface area contributed by atoms with Crippen LogP contribution in [0.2, 0.25) is 0 Å². The van der Waals surface area contributed by atoms with E-state index in [0.29, 0.717) is 18.9 Å². The first-order valence-corrected chi connectivity index (χ1v) is 9.80. The highest BCUT2D eigenvalue weighted by Crippen LogP contribution is 2.23. The van der Waals surface area contributed by atoms with E-state index in [9.17, 15) is 9.59 Å². The van der Waals surface area contributed by atoms with Crippen LogP contribution >= 0.6 is 0 Å². The zero-order valence-corrected chi connectivity index (χ0v) is 16.5. The maximum Gasteiger partial charge on any atom is 0.225 e. The van der Waals surface area contributed by atoms with Gasteiger partial charge in [-0.25, -0.2) is 0 Å². The van der Waals surface area contributed by atoms with E-state index in [1.807, 2.05) is 55.0 Å². The van der Waals surface area contributed by atoms with E-state index >= 15 is 0 Å². The molecule has 5 nitrogen and oxygen atoms in total. The summed E-state index contributed by atoms with van der Waals surface area (Å²) in [6, 6.07) is 10.1. The Morgan fingerprint density at radius 3 is 2.67 bits per heavy atom. The number of likely N-dealkylation sites (tertiary alicyclic amines) is 1. The minimum Gasteiger partial charge on any atom is -0.342 e. The lowest BCUT2D eigenvalue weighted by molar-refractivity contribution is -0.136. The summed E-state index contributed by atoms with van der Waals surface area (Å²) in [7, 11) is 1.87.